The maximum Gasteiger partial charge on any atom is 0.254 e. The fourth-order valence-electron chi connectivity index (χ4n) is 3.57. The van der Waals surface area contributed by atoms with Crippen molar-refractivity contribution >= 4 is 5.91 Å². The molecule has 0 radical (unpaired) electrons. The maximum atomic E-state index is 12.9. The third-order valence-corrected chi connectivity index (χ3v) is 4.41. The molecule has 2 aliphatic rings. The molecule has 0 atom stereocenters. The number of likely N-dealkylation sites (tertiary alicyclic amines) is 1. The molecule has 2 saturated heterocycles. The summed E-state index contributed by atoms with van der Waals surface area (Å²) in [6.45, 7) is 8.66. The number of nitrogens with zero attached hydrogens (tertiary/aromatic N) is 1. The third-order valence-electron chi connectivity index (χ3n) is 4.41. The van der Waals surface area contributed by atoms with Gasteiger partial charge in [-0.05, 0) is 38.3 Å². The van der Waals surface area contributed by atoms with Crippen LogP contribution in [0.15, 0.2) is 12.1 Å². The summed E-state index contributed by atoms with van der Waals surface area (Å²) in [5.74, 6) is -0.455. The van der Waals surface area contributed by atoms with E-state index >= 15 is 0 Å². The van der Waals surface area contributed by atoms with Crippen LogP contribution < -0.4 is 0 Å². The highest BCUT2D eigenvalue weighted by Crippen LogP contribution is 2.31. The Balaban J connectivity index is 1.85. The van der Waals surface area contributed by atoms with Gasteiger partial charge in [-0.1, -0.05) is 17.7 Å². The normalized spacial score (nSPS) is 21.0. The number of aryl methyl sites for hydroxylation is 3. The van der Waals surface area contributed by atoms with Crippen LogP contribution in [0.5, 0.6) is 0 Å². The minimum atomic E-state index is -0.555. The van der Waals surface area contributed by atoms with E-state index in [9.17, 15) is 4.79 Å². The van der Waals surface area contributed by atoms with Gasteiger partial charge in [0.15, 0.2) is 5.79 Å². The molecule has 4 nitrogen and oxygen atoms in total. The van der Waals surface area contributed by atoms with Crippen molar-refractivity contribution in [3.63, 3.8) is 0 Å². The summed E-state index contributed by atoms with van der Waals surface area (Å²) in [5.41, 5.74) is 4.12. The van der Waals surface area contributed by atoms with Gasteiger partial charge in [-0.2, -0.15) is 0 Å². The quantitative estimate of drug-likeness (QED) is 0.797. The second-order valence-electron chi connectivity index (χ2n) is 6.21. The van der Waals surface area contributed by atoms with Gasteiger partial charge >= 0.3 is 0 Å². The van der Waals surface area contributed by atoms with E-state index in [2.05, 4.69) is 19.1 Å². The molecule has 0 N–H and O–H groups in total. The lowest BCUT2D eigenvalue weighted by atomic mass is 9.97. The predicted octanol–water partition coefficient (Wildman–Crippen LogP) is 2.59. The monoisotopic (exact) mass is 289 g/mol. The summed E-state index contributed by atoms with van der Waals surface area (Å²) in [7, 11) is 0. The van der Waals surface area contributed by atoms with Gasteiger partial charge < -0.3 is 14.4 Å². The third kappa shape index (κ3) is 2.70. The molecule has 0 aliphatic carbocycles. The second-order valence-corrected chi connectivity index (χ2v) is 6.21. The van der Waals surface area contributed by atoms with Crippen LogP contribution in [0.2, 0.25) is 0 Å². The number of benzene rings is 1. The van der Waals surface area contributed by atoms with Crippen molar-refractivity contribution in [2.24, 2.45) is 0 Å². The molecule has 0 bridgehead atoms. The van der Waals surface area contributed by atoms with E-state index in [-0.39, 0.29) is 5.91 Å². The Bertz CT molecular complexity index is 538. The summed E-state index contributed by atoms with van der Waals surface area (Å²) < 4.78 is 11.5. The summed E-state index contributed by atoms with van der Waals surface area (Å²) >= 11 is 0. The van der Waals surface area contributed by atoms with Crippen LogP contribution in [0.25, 0.3) is 0 Å². The molecular formula is C17H23NO3. The van der Waals surface area contributed by atoms with Gasteiger partial charge in [-0.3, -0.25) is 4.79 Å². The number of carbonyl (C=O) groups excluding carboxylic acids is 1. The van der Waals surface area contributed by atoms with Crippen LogP contribution >= 0.6 is 0 Å². The number of hydrogen-bond donors (Lipinski definition) is 0. The number of piperidine rings is 1. The number of carbonyl (C=O) groups is 1. The van der Waals surface area contributed by atoms with Crippen LogP contribution in [-0.2, 0) is 9.47 Å². The lowest BCUT2D eigenvalue weighted by Gasteiger charge is -2.39. The molecule has 2 heterocycles. The fraction of sp³-hybridized carbons (Fsp3) is 0.588. The first-order chi connectivity index (χ1) is 10.0. The highest BCUT2D eigenvalue weighted by Gasteiger charge is 2.42. The van der Waals surface area contributed by atoms with Crippen LogP contribution in [-0.4, -0.2) is 42.9 Å². The molecular weight excluding hydrogens is 266 g/mol. The van der Waals surface area contributed by atoms with E-state index < -0.39 is 5.79 Å². The standard InChI is InChI=1S/C17H23NO3/c1-12-9-13(2)15(14(3)10-12)16(19)18-6-4-5-17(11-18)20-7-8-21-17/h9-10H,4-8,11H2,1-3H3. The first kappa shape index (κ1) is 14.5. The number of rotatable bonds is 1. The van der Waals surface area contributed by atoms with Gasteiger partial charge in [-0.15, -0.1) is 0 Å². The summed E-state index contributed by atoms with van der Waals surface area (Å²) in [4.78, 5) is 14.8. The molecule has 1 amide bonds. The highest BCUT2D eigenvalue weighted by molar-refractivity contribution is 5.97. The van der Waals surface area contributed by atoms with Crippen molar-refractivity contribution in [3.8, 4) is 0 Å². The molecule has 1 spiro atoms. The highest BCUT2D eigenvalue weighted by atomic mass is 16.7. The zero-order chi connectivity index (χ0) is 15.0. The average Bonchev–Trinajstić information content (AvgIpc) is 2.85. The van der Waals surface area contributed by atoms with Crippen molar-refractivity contribution in [3.05, 3.63) is 34.4 Å². The first-order valence-corrected chi connectivity index (χ1v) is 7.66. The molecule has 21 heavy (non-hydrogen) atoms. The smallest absolute Gasteiger partial charge is 0.254 e. The van der Waals surface area contributed by atoms with Crippen molar-refractivity contribution in [2.45, 2.75) is 39.4 Å². The van der Waals surface area contributed by atoms with Crippen LogP contribution in [0.4, 0.5) is 0 Å². The van der Waals surface area contributed by atoms with E-state index in [1.165, 1.54) is 5.56 Å². The molecule has 0 unspecified atom stereocenters. The molecule has 3 rings (SSSR count). The van der Waals surface area contributed by atoms with Gasteiger partial charge in [0.1, 0.15) is 0 Å². The Morgan fingerprint density at radius 1 is 1.14 bits per heavy atom. The number of ether oxygens (including phenoxy) is 2. The predicted molar refractivity (Wildman–Crippen MR) is 80.4 cm³/mol. The van der Waals surface area contributed by atoms with Gasteiger partial charge in [0.05, 0.1) is 19.8 Å². The molecule has 1 aromatic rings. The molecule has 4 heteroatoms. The Hall–Kier alpha value is -1.39. The van der Waals surface area contributed by atoms with Crippen molar-refractivity contribution < 1.29 is 14.3 Å². The Labute approximate surface area is 126 Å². The number of hydrogen-bond acceptors (Lipinski definition) is 3. The lowest BCUT2D eigenvalue weighted by Crippen LogP contribution is -2.51. The topological polar surface area (TPSA) is 38.8 Å². The molecule has 1 aromatic carbocycles. The Kier molecular flexibility index (Phi) is 3.76. The van der Waals surface area contributed by atoms with Crippen molar-refractivity contribution in [1.29, 1.82) is 0 Å². The van der Waals surface area contributed by atoms with E-state index in [4.69, 9.17) is 9.47 Å². The molecule has 114 valence electrons. The van der Waals surface area contributed by atoms with Gasteiger partial charge in [0, 0.05) is 18.5 Å². The SMILES string of the molecule is Cc1cc(C)c(C(=O)N2CCCC3(C2)OCCO3)c(C)c1. The Morgan fingerprint density at radius 3 is 2.38 bits per heavy atom. The number of amides is 1. The largest absolute Gasteiger partial charge is 0.346 e. The van der Waals surface area contributed by atoms with Gasteiger partial charge in [0.2, 0.25) is 0 Å². The zero-order valence-corrected chi connectivity index (χ0v) is 13.1. The second kappa shape index (κ2) is 5.43. The molecule has 2 fully saturated rings. The van der Waals surface area contributed by atoms with E-state index in [0.29, 0.717) is 19.8 Å². The van der Waals surface area contributed by atoms with Crippen LogP contribution in [0, 0.1) is 20.8 Å². The summed E-state index contributed by atoms with van der Waals surface area (Å²) in [6, 6.07) is 4.14. The zero-order valence-electron chi connectivity index (χ0n) is 13.1. The van der Waals surface area contributed by atoms with E-state index in [0.717, 1.165) is 36.1 Å². The minimum Gasteiger partial charge on any atom is -0.346 e. The van der Waals surface area contributed by atoms with Crippen molar-refractivity contribution in [1.82, 2.24) is 4.90 Å². The van der Waals surface area contributed by atoms with Gasteiger partial charge in [-0.25, -0.2) is 0 Å². The summed E-state index contributed by atoms with van der Waals surface area (Å²) in [5, 5.41) is 0. The minimum absolute atomic E-state index is 0.100. The first-order valence-electron chi connectivity index (χ1n) is 7.66. The summed E-state index contributed by atoms with van der Waals surface area (Å²) in [6.07, 6.45) is 1.80. The molecule has 0 aromatic heterocycles. The van der Waals surface area contributed by atoms with Crippen molar-refractivity contribution in [2.75, 3.05) is 26.3 Å². The lowest BCUT2D eigenvalue weighted by molar-refractivity contribution is -0.183. The molecule has 0 saturated carbocycles. The maximum absolute atomic E-state index is 12.9. The van der Waals surface area contributed by atoms with Gasteiger partial charge in [0.25, 0.3) is 5.91 Å². The fourth-order valence-corrected chi connectivity index (χ4v) is 3.57. The van der Waals surface area contributed by atoms with Crippen LogP contribution in [0.1, 0.15) is 39.9 Å². The van der Waals surface area contributed by atoms with Crippen LogP contribution in [0.3, 0.4) is 0 Å². The average molecular weight is 289 g/mol. The van der Waals surface area contributed by atoms with E-state index in [1.54, 1.807) is 0 Å². The molecule has 2 aliphatic heterocycles. The Morgan fingerprint density at radius 2 is 1.76 bits per heavy atom. The van der Waals surface area contributed by atoms with E-state index in [1.807, 2.05) is 18.7 Å².